The number of hydrogen-bond donors (Lipinski definition) is 3. The smallest absolute Gasteiger partial charge is 0.223 e. The lowest BCUT2D eigenvalue weighted by Gasteiger charge is -2.17. The molecule has 1 rings (SSSR count). The molecule has 0 fully saturated rings. The summed E-state index contributed by atoms with van der Waals surface area (Å²) in [7, 11) is 3.41. The minimum atomic E-state index is -0.0261. The molecular formula is C9H16N6O. The van der Waals surface area contributed by atoms with E-state index in [1.807, 2.05) is 7.05 Å². The summed E-state index contributed by atoms with van der Waals surface area (Å²) in [5, 5.41) is 2.55. The number of nitrogens with zero attached hydrogens (tertiary/aromatic N) is 3. The lowest BCUT2D eigenvalue weighted by Crippen LogP contribution is -2.27. The van der Waals surface area contributed by atoms with Crippen molar-refractivity contribution < 1.29 is 4.79 Å². The van der Waals surface area contributed by atoms with Crippen molar-refractivity contribution in [3.8, 4) is 0 Å². The van der Waals surface area contributed by atoms with Gasteiger partial charge in [-0.3, -0.25) is 4.79 Å². The number of aromatic nitrogens is 2. The van der Waals surface area contributed by atoms with Crippen molar-refractivity contribution in [2.75, 3.05) is 37.0 Å². The van der Waals surface area contributed by atoms with Gasteiger partial charge in [-0.05, 0) is 0 Å². The minimum Gasteiger partial charge on any atom is -0.383 e. The molecule has 1 heterocycles. The summed E-state index contributed by atoms with van der Waals surface area (Å²) in [4.78, 5) is 20.6. The Morgan fingerprint density at radius 1 is 1.50 bits per heavy atom. The highest BCUT2D eigenvalue weighted by molar-refractivity contribution is 5.76. The van der Waals surface area contributed by atoms with E-state index in [9.17, 15) is 4.79 Å². The van der Waals surface area contributed by atoms with Gasteiger partial charge in [0.2, 0.25) is 11.9 Å². The Bertz CT molecular complexity index is 360. The summed E-state index contributed by atoms with van der Waals surface area (Å²) in [5.41, 5.74) is 11.0. The largest absolute Gasteiger partial charge is 0.383 e. The zero-order valence-corrected chi connectivity index (χ0v) is 9.40. The van der Waals surface area contributed by atoms with Gasteiger partial charge in [0.15, 0.2) is 0 Å². The first kappa shape index (κ1) is 12.0. The van der Waals surface area contributed by atoms with Crippen molar-refractivity contribution in [3.63, 3.8) is 0 Å². The predicted octanol–water partition coefficient (Wildman–Crippen LogP) is -0.787. The second-order valence-electron chi connectivity index (χ2n) is 3.35. The third kappa shape index (κ3) is 3.26. The van der Waals surface area contributed by atoms with Crippen molar-refractivity contribution in [2.24, 2.45) is 0 Å². The zero-order valence-electron chi connectivity index (χ0n) is 9.40. The van der Waals surface area contributed by atoms with Crippen molar-refractivity contribution >= 4 is 23.5 Å². The van der Waals surface area contributed by atoms with Crippen LogP contribution in [0.1, 0.15) is 6.42 Å². The van der Waals surface area contributed by atoms with E-state index in [4.69, 9.17) is 11.5 Å². The average Bonchev–Trinajstić information content (AvgIpc) is 2.23. The molecule has 16 heavy (non-hydrogen) atoms. The number of carbonyl (C=O) groups excluding carboxylic acids is 1. The average molecular weight is 224 g/mol. The number of nitrogen functional groups attached to an aromatic ring is 2. The molecule has 7 nitrogen and oxygen atoms in total. The highest BCUT2D eigenvalue weighted by atomic mass is 16.1. The molecule has 0 aliphatic carbocycles. The number of nitrogens with two attached hydrogens (primary N) is 2. The first-order chi connectivity index (χ1) is 7.52. The Balaban J connectivity index is 2.65. The summed E-state index contributed by atoms with van der Waals surface area (Å²) in [6.45, 7) is 0.537. The van der Waals surface area contributed by atoms with Crippen LogP contribution in [0.5, 0.6) is 0 Å². The van der Waals surface area contributed by atoms with Crippen LogP contribution in [0, 0.1) is 0 Å². The monoisotopic (exact) mass is 224 g/mol. The second-order valence-corrected chi connectivity index (χ2v) is 3.35. The maximum Gasteiger partial charge on any atom is 0.223 e. The summed E-state index contributed by atoms with van der Waals surface area (Å²) >= 11 is 0. The molecule has 1 aromatic heterocycles. The standard InChI is InChI=1S/C9H16N6O/c1-12-8(16)3-4-15(2)7-5-6(10)13-9(11)14-7/h5H,3-4H2,1-2H3,(H,12,16)(H4,10,11,13,14). The van der Waals surface area contributed by atoms with Crippen molar-refractivity contribution in [3.05, 3.63) is 6.07 Å². The van der Waals surface area contributed by atoms with E-state index in [1.165, 1.54) is 0 Å². The first-order valence-corrected chi connectivity index (χ1v) is 4.84. The highest BCUT2D eigenvalue weighted by Crippen LogP contribution is 2.13. The molecule has 7 heteroatoms. The number of anilines is 3. The highest BCUT2D eigenvalue weighted by Gasteiger charge is 2.07. The summed E-state index contributed by atoms with van der Waals surface area (Å²) in [5.74, 6) is 1.02. The molecule has 0 aromatic carbocycles. The van der Waals surface area contributed by atoms with E-state index in [0.29, 0.717) is 24.6 Å². The summed E-state index contributed by atoms with van der Waals surface area (Å²) < 4.78 is 0. The molecule has 5 N–H and O–H groups in total. The maximum atomic E-state index is 11.1. The van der Waals surface area contributed by atoms with Gasteiger partial charge in [-0.1, -0.05) is 0 Å². The minimum absolute atomic E-state index is 0.0261. The molecule has 0 aliphatic rings. The van der Waals surface area contributed by atoms with Crippen molar-refractivity contribution in [1.29, 1.82) is 0 Å². The molecule has 1 aromatic rings. The number of amides is 1. The Labute approximate surface area is 93.8 Å². The zero-order chi connectivity index (χ0) is 12.1. The van der Waals surface area contributed by atoms with E-state index < -0.39 is 0 Å². The molecule has 0 bridgehead atoms. The van der Waals surface area contributed by atoms with Gasteiger partial charge in [0, 0.05) is 33.1 Å². The number of hydrogen-bond acceptors (Lipinski definition) is 6. The second kappa shape index (κ2) is 5.15. The maximum absolute atomic E-state index is 11.1. The molecule has 88 valence electrons. The fourth-order valence-electron chi connectivity index (χ4n) is 1.18. The van der Waals surface area contributed by atoms with Gasteiger partial charge in [0.1, 0.15) is 11.6 Å². The van der Waals surface area contributed by atoms with Crippen LogP contribution in [-0.2, 0) is 4.79 Å². The van der Waals surface area contributed by atoms with Crippen LogP contribution in [0.4, 0.5) is 17.6 Å². The topological polar surface area (TPSA) is 110 Å². The van der Waals surface area contributed by atoms with Crippen molar-refractivity contribution in [1.82, 2.24) is 15.3 Å². The fourth-order valence-corrected chi connectivity index (χ4v) is 1.18. The Morgan fingerprint density at radius 3 is 2.75 bits per heavy atom. The van der Waals surface area contributed by atoms with E-state index in [2.05, 4.69) is 15.3 Å². The van der Waals surface area contributed by atoms with E-state index in [0.717, 1.165) is 0 Å². The van der Waals surface area contributed by atoms with E-state index in [1.54, 1.807) is 18.0 Å². The summed E-state index contributed by atoms with van der Waals surface area (Å²) in [6, 6.07) is 1.61. The Morgan fingerprint density at radius 2 is 2.19 bits per heavy atom. The van der Waals surface area contributed by atoms with Gasteiger partial charge in [0.05, 0.1) is 0 Å². The molecule has 0 unspecified atom stereocenters. The number of rotatable bonds is 4. The lowest BCUT2D eigenvalue weighted by molar-refractivity contribution is -0.120. The SMILES string of the molecule is CNC(=O)CCN(C)c1cc(N)nc(N)n1. The van der Waals surface area contributed by atoms with Gasteiger partial charge in [-0.2, -0.15) is 9.97 Å². The van der Waals surface area contributed by atoms with Crippen LogP contribution < -0.4 is 21.7 Å². The van der Waals surface area contributed by atoms with Gasteiger partial charge in [-0.15, -0.1) is 0 Å². The van der Waals surface area contributed by atoms with E-state index in [-0.39, 0.29) is 11.9 Å². The van der Waals surface area contributed by atoms with Crippen LogP contribution >= 0.6 is 0 Å². The van der Waals surface area contributed by atoms with Gasteiger partial charge in [-0.25, -0.2) is 0 Å². The normalized spacial score (nSPS) is 9.88. The number of carbonyl (C=O) groups is 1. The van der Waals surface area contributed by atoms with Crippen LogP contribution in [-0.4, -0.2) is 36.5 Å². The van der Waals surface area contributed by atoms with Gasteiger partial charge < -0.3 is 21.7 Å². The first-order valence-electron chi connectivity index (χ1n) is 4.84. The third-order valence-electron chi connectivity index (χ3n) is 2.09. The molecule has 0 radical (unpaired) electrons. The van der Waals surface area contributed by atoms with Crippen LogP contribution in [0.2, 0.25) is 0 Å². The molecule has 1 amide bonds. The molecule has 0 aliphatic heterocycles. The Kier molecular flexibility index (Phi) is 3.87. The quantitative estimate of drug-likeness (QED) is 0.618. The Hall–Kier alpha value is -2.05. The van der Waals surface area contributed by atoms with Crippen LogP contribution in [0.25, 0.3) is 0 Å². The lowest BCUT2D eigenvalue weighted by atomic mass is 10.3. The number of nitrogens with one attached hydrogen (secondary N) is 1. The van der Waals surface area contributed by atoms with Crippen LogP contribution in [0.15, 0.2) is 6.07 Å². The van der Waals surface area contributed by atoms with Crippen molar-refractivity contribution in [2.45, 2.75) is 6.42 Å². The van der Waals surface area contributed by atoms with Gasteiger partial charge >= 0.3 is 0 Å². The molecule has 0 saturated heterocycles. The van der Waals surface area contributed by atoms with Gasteiger partial charge in [0.25, 0.3) is 0 Å². The van der Waals surface area contributed by atoms with E-state index >= 15 is 0 Å². The predicted molar refractivity (Wildman–Crippen MR) is 62.8 cm³/mol. The molecule has 0 atom stereocenters. The molecule has 0 spiro atoms. The third-order valence-corrected chi connectivity index (χ3v) is 2.09. The summed E-state index contributed by atoms with van der Waals surface area (Å²) in [6.07, 6.45) is 0.386. The molecular weight excluding hydrogens is 208 g/mol. The van der Waals surface area contributed by atoms with Crippen LogP contribution in [0.3, 0.4) is 0 Å². The fraction of sp³-hybridized carbons (Fsp3) is 0.444. The molecule has 0 saturated carbocycles.